The Hall–Kier alpha value is -2.55. The van der Waals surface area contributed by atoms with Crippen molar-refractivity contribution in [3.05, 3.63) is 65.7 Å². The topological polar surface area (TPSA) is 35.5 Å². The first-order valence-corrected chi connectivity index (χ1v) is 6.23. The van der Waals surface area contributed by atoms with Crippen LogP contribution in [0.4, 0.5) is 0 Å². The molecule has 0 spiro atoms. The van der Waals surface area contributed by atoms with Crippen molar-refractivity contribution >= 4 is 11.9 Å². The quantitative estimate of drug-likeness (QED) is 0.616. The highest BCUT2D eigenvalue weighted by atomic mass is 16.5. The van der Waals surface area contributed by atoms with Gasteiger partial charge in [-0.15, -0.1) is 0 Å². The minimum atomic E-state index is 0.733. The van der Waals surface area contributed by atoms with Crippen molar-refractivity contribution in [3.8, 4) is 11.5 Å². The SMILES string of the molecule is COc1ccc(/C(=C\C=O)c2ccccc2OC)cc1. The second kappa shape index (κ2) is 6.57. The zero-order valence-electron chi connectivity index (χ0n) is 11.5. The lowest BCUT2D eigenvalue weighted by Gasteiger charge is -2.12. The van der Waals surface area contributed by atoms with Gasteiger partial charge in [0.25, 0.3) is 0 Å². The average Bonchev–Trinajstić information content (AvgIpc) is 2.53. The van der Waals surface area contributed by atoms with Gasteiger partial charge in [-0.3, -0.25) is 4.79 Å². The zero-order chi connectivity index (χ0) is 14.4. The van der Waals surface area contributed by atoms with E-state index in [4.69, 9.17) is 9.47 Å². The van der Waals surface area contributed by atoms with E-state index in [1.54, 1.807) is 20.3 Å². The molecule has 2 aromatic rings. The molecule has 0 amide bonds. The highest BCUT2D eigenvalue weighted by Crippen LogP contribution is 2.31. The number of methoxy groups -OCH3 is 2. The Morgan fingerprint density at radius 1 is 0.950 bits per heavy atom. The average molecular weight is 268 g/mol. The maximum atomic E-state index is 10.9. The summed E-state index contributed by atoms with van der Waals surface area (Å²) in [5, 5.41) is 0. The van der Waals surface area contributed by atoms with Crippen molar-refractivity contribution in [1.82, 2.24) is 0 Å². The molecule has 0 fully saturated rings. The van der Waals surface area contributed by atoms with Gasteiger partial charge in [0.05, 0.1) is 14.2 Å². The summed E-state index contributed by atoms with van der Waals surface area (Å²) in [6, 6.07) is 15.2. The van der Waals surface area contributed by atoms with E-state index in [9.17, 15) is 4.79 Å². The number of para-hydroxylation sites is 1. The van der Waals surface area contributed by atoms with Crippen molar-refractivity contribution in [3.63, 3.8) is 0 Å². The second-order valence-electron chi connectivity index (χ2n) is 4.15. The van der Waals surface area contributed by atoms with Crippen LogP contribution in [0, 0.1) is 0 Å². The van der Waals surface area contributed by atoms with Crippen LogP contribution in [0.25, 0.3) is 5.57 Å². The van der Waals surface area contributed by atoms with E-state index in [-0.39, 0.29) is 0 Å². The van der Waals surface area contributed by atoms with Crippen LogP contribution in [-0.2, 0) is 4.79 Å². The number of hydrogen-bond acceptors (Lipinski definition) is 3. The smallest absolute Gasteiger partial charge is 0.143 e. The Balaban J connectivity index is 2.50. The molecule has 3 heteroatoms. The Bertz CT molecular complexity index is 612. The maximum Gasteiger partial charge on any atom is 0.143 e. The van der Waals surface area contributed by atoms with Gasteiger partial charge < -0.3 is 9.47 Å². The summed E-state index contributed by atoms with van der Waals surface area (Å²) in [6.07, 6.45) is 2.33. The van der Waals surface area contributed by atoms with E-state index < -0.39 is 0 Å². The van der Waals surface area contributed by atoms with E-state index in [2.05, 4.69) is 0 Å². The molecule has 0 aliphatic carbocycles. The Labute approximate surface area is 118 Å². The number of hydrogen-bond donors (Lipinski definition) is 0. The molecule has 0 N–H and O–H groups in total. The van der Waals surface area contributed by atoms with Gasteiger partial charge in [-0.2, -0.15) is 0 Å². The zero-order valence-corrected chi connectivity index (χ0v) is 11.5. The minimum Gasteiger partial charge on any atom is -0.497 e. The molecule has 0 saturated carbocycles. The third-order valence-corrected chi connectivity index (χ3v) is 3.03. The van der Waals surface area contributed by atoms with Crippen LogP contribution in [0.1, 0.15) is 11.1 Å². The van der Waals surface area contributed by atoms with E-state index in [1.807, 2.05) is 48.5 Å². The molecule has 0 heterocycles. The van der Waals surface area contributed by atoms with Gasteiger partial charge in [0.2, 0.25) is 0 Å². The summed E-state index contributed by atoms with van der Waals surface area (Å²) < 4.78 is 10.5. The molecule has 0 aliphatic rings. The van der Waals surface area contributed by atoms with Gasteiger partial charge in [-0.25, -0.2) is 0 Å². The fourth-order valence-electron chi connectivity index (χ4n) is 2.05. The molecule has 0 aromatic heterocycles. The van der Waals surface area contributed by atoms with Crippen LogP contribution < -0.4 is 9.47 Å². The number of benzene rings is 2. The lowest BCUT2D eigenvalue weighted by atomic mass is 9.97. The summed E-state index contributed by atoms with van der Waals surface area (Å²) in [6.45, 7) is 0. The maximum absolute atomic E-state index is 10.9. The predicted molar refractivity (Wildman–Crippen MR) is 79.1 cm³/mol. The Kier molecular flexibility index (Phi) is 4.56. The molecule has 0 saturated heterocycles. The predicted octanol–water partition coefficient (Wildman–Crippen LogP) is 3.33. The first-order valence-electron chi connectivity index (χ1n) is 6.23. The largest absolute Gasteiger partial charge is 0.497 e. The highest BCUT2D eigenvalue weighted by molar-refractivity contribution is 5.91. The molecule has 0 radical (unpaired) electrons. The number of carbonyl (C=O) groups is 1. The minimum absolute atomic E-state index is 0.733. The third kappa shape index (κ3) is 2.88. The molecular weight excluding hydrogens is 252 g/mol. The molecule has 3 nitrogen and oxygen atoms in total. The standard InChI is InChI=1S/C17H16O3/c1-19-14-9-7-13(8-10-14)15(11-12-18)16-5-3-4-6-17(16)20-2/h3-12H,1-2H3/b15-11+. The van der Waals surface area contributed by atoms with Crippen LogP contribution in [-0.4, -0.2) is 20.5 Å². The van der Waals surface area contributed by atoms with E-state index in [1.165, 1.54) is 0 Å². The van der Waals surface area contributed by atoms with Gasteiger partial charge in [-0.1, -0.05) is 30.3 Å². The fourth-order valence-corrected chi connectivity index (χ4v) is 2.05. The van der Waals surface area contributed by atoms with Gasteiger partial charge >= 0.3 is 0 Å². The second-order valence-corrected chi connectivity index (χ2v) is 4.15. The molecular formula is C17H16O3. The lowest BCUT2D eigenvalue weighted by Crippen LogP contribution is -1.94. The van der Waals surface area contributed by atoms with Crippen molar-refractivity contribution < 1.29 is 14.3 Å². The van der Waals surface area contributed by atoms with Gasteiger partial charge in [0.15, 0.2) is 0 Å². The van der Waals surface area contributed by atoms with E-state index in [0.29, 0.717) is 0 Å². The number of ether oxygens (including phenoxy) is 2. The van der Waals surface area contributed by atoms with Gasteiger partial charge in [0.1, 0.15) is 17.8 Å². The molecule has 0 bridgehead atoms. The van der Waals surface area contributed by atoms with E-state index in [0.717, 1.165) is 34.5 Å². The summed E-state index contributed by atoms with van der Waals surface area (Å²) >= 11 is 0. The molecule has 2 rings (SSSR count). The number of rotatable bonds is 5. The normalized spacial score (nSPS) is 11.0. The third-order valence-electron chi connectivity index (χ3n) is 3.03. The monoisotopic (exact) mass is 268 g/mol. The van der Waals surface area contributed by atoms with Gasteiger partial charge in [-0.05, 0) is 35.4 Å². The van der Waals surface area contributed by atoms with E-state index >= 15 is 0 Å². The molecule has 2 aromatic carbocycles. The first kappa shape index (κ1) is 13.9. The highest BCUT2D eigenvalue weighted by Gasteiger charge is 2.10. The van der Waals surface area contributed by atoms with Crippen LogP contribution in [0.3, 0.4) is 0 Å². The van der Waals surface area contributed by atoms with Gasteiger partial charge in [0, 0.05) is 5.56 Å². The first-order chi connectivity index (χ1) is 9.80. The lowest BCUT2D eigenvalue weighted by molar-refractivity contribution is -0.104. The van der Waals surface area contributed by atoms with Crippen molar-refractivity contribution in [2.75, 3.05) is 14.2 Å². The molecule has 102 valence electrons. The van der Waals surface area contributed by atoms with Crippen molar-refractivity contribution in [1.29, 1.82) is 0 Å². The van der Waals surface area contributed by atoms with Crippen LogP contribution in [0.2, 0.25) is 0 Å². The Morgan fingerprint density at radius 2 is 1.65 bits per heavy atom. The van der Waals surface area contributed by atoms with Crippen LogP contribution >= 0.6 is 0 Å². The van der Waals surface area contributed by atoms with Crippen LogP contribution in [0.15, 0.2) is 54.6 Å². The number of allylic oxidation sites excluding steroid dienone is 1. The number of aldehydes is 1. The summed E-state index contributed by atoms with van der Waals surface area (Å²) in [5.74, 6) is 1.51. The molecule has 20 heavy (non-hydrogen) atoms. The fraction of sp³-hybridized carbons (Fsp3) is 0.118. The molecule has 0 aliphatic heterocycles. The molecule has 0 atom stereocenters. The van der Waals surface area contributed by atoms with Crippen LogP contribution in [0.5, 0.6) is 11.5 Å². The van der Waals surface area contributed by atoms with Crippen molar-refractivity contribution in [2.45, 2.75) is 0 Å². The Morgan fingerprint density at radius 3 is 2.25 bits per heavy atom. The number of carbonyl (C=O) groups excluding carboxylic acids is 1. The summed E-state index contributed by atoms with van der Waals surface area (Å²) in [5.41, 5.74) is 2.63. The summed E-state index contributed by atoms with van der Waals surface area (Å²) in [7, 11) is 3.24. The van der Waals surface area contributed by atoms with Crippen molar-refractivity contribution in [2.24, 2.45) is 0 Å². The summed E-state index contributed by atoms with van der Waals surface area (Å²) in [4.78, 5) is 10.9. The molecule has 0 unspecified atom stereocenters.